The largest absolute Gasteiger partial charge is 0.490 e. The number of ketones is 1. The Hall–Kier alpha value is -3.81. The van der Waals surface area contributed by atoms with E-state index in [2.05, 4.69) is 47.6 Å². The van der Waals surface area contributed by atoms with Crippen molar-refractivity contribution in [2.75, 3.05) is 13.6 Å². The number of rotatable bonds is 15. The summed E-state index contributed by atoms with van der Waals surface area (Å²) in [6, 6.07) is 8.78. The molecule has 0 aliphatic rings. The zero-order valence-electron chi connectivity index (χ0n) is 31.7. The molecule has 8 nitrogen and oxygen atoms in total. The molecule has 0 atom stereocenters. The molecule has 0 amide bonds. The lowest BCUT2D eigenvalue weighted by atomic mass is 9.74. The minimum absolute atomic E-state index is 0.161. The smallest absolute Gasteiger partial charge is 0.314 e. The number of hydrogen-bond donors (Lipinski definition) is 0. The lowest BCUT2D eigenvalue weighted by Gasteiger charge is -2.34. The maximum atomic E-state index is 13.5. The normalized spacial score (nSPS) is 12.6. The van der Waals surface area contributed by atoms with E-state index in [1.54, 1.807) is 71.9 Å². The predicted molar refractivity (Wildman–Crippen MR) is 191 cm³/mol. The van der Waals surface area contributed by atoms with Crippen molar-refractivity contribution in [3.8, 4) is 17.2 Å². The van der Waals surface area contributed by atoms with E-state index in [0.29, 0.717) is 28.4 Å². The van der Waals surface area contributed by atoms with Crippen LogP contribution in [0, 0.1) is 10.8 Å². The van der Waals surface area contributed by atoms with Gasteiger partial charge in [-0.1, -0.05) is 41.5 Å². The van der Waals surface area contributed by atoms with Crippen LogP contribution < -0.4 is 14.2 Å². The van der Waals surface area contributed by atoms with E-state index >= 15 is 0 Å². The van der Waals surface area contributed by atoms with Crippen molar-refractivity contribution < 1.29 is 38.1 Å². The second-order valence-corrected chi connectivity index (χ2v) is 15.8. The Balaban J connectivity index is 2.63. The molecule has 0 aliphatic carbocycles. The first-order valence-corrected chi connectivity index (χ1v) is 16.9. The maximum Gasteiger partial charge on any atom is 0.314 e. The molecule has 0 N–H and O–H groups in total. The van der Waals surface area contributed by atoms with E-state index in [1.165, 1.54) is 6.08 Å². The SMILES string of the molecule is CCC(C)(C)c1cc(C(C)(C)CC)c(OC(C)C)c(/C=C/C(=O)c2ccc(OCOC(=O)C(C)(C)C)cc2)c1OCOC(=O)C(C)(C)C. The van der Waals surface area contributed by atoms with Gasteiger partial charge in [-0.05, 0) is 122 Å². The van der Waals surface area contributed by atoms with Crippen LogP contribution in [0.4, 0.5) is 0 Å². The molecule has 0 heterocycles. The zero-order chi connectivity index (χ0) is 36.7. The van der Waals surface area contributed by atoms with Gasteiger partial charge in [-0.15, -0.1) is 0 Å². The van der Waals surface area contributed by atoms with Crippen molar-refractivity contribution in [3.63, 3.8) is 0 Å². The molecule has 8 heteroatoms. The lowest BCUT2D eigenvalue weighted by Crippen LogP contribution is -2.27. The summed E-state index contributed by atoms with van der Waals surface area (Å²) in [6.45, 7) is 27.0. The first-order chi connectivity index (χ1) is 22.0. The summed E-state index contributed by atoms with van der Waals surface area (Å²) in [5.41, 5.74) is 1.10. The Morgan fingerprint density at radius 3 is 1.58 bits per heavy atom. The Morgan fingerprint density at radius 2 is 1.15 bits per heavy atom. The maximum absolute atomic E-state index is 13.5. The van der Waals surface area contributed by atoms with Crippen LogP contribution in [-0.4, -0.2) is 37.4 Å². The van der Waals surface area contributed by atoms with Crippen LogP contribution >= 0.6 is 0 Å². The predicted octanol–water partition coefficient (Wildman–Crippen LogP) is 9.60. The molecule has 0 saturated heterocycles. The molecule has 0 spiro atoms. The number of benzene rings is 2. The van der Waals surface area contributed by atoms with Gasteiger partial charge < -0.3 is 23.7 Å². The van der Waals surface area contributed by atoms with Gasteiger partial charge in [0.2, 0.25) is 13.6 Å². The Bertz CT molecular complexity index is 1450. The summed E-state index contributed by atoms with van der Waals surface area (Å²) in [4.78, 5) is 38.2. The quantitative estimate of drug-likeness (QED) is 0.0802. The minimum Gasteiger partial charge on any atom is -0.490 e. The summed E-state index contributed by atoms with van der Waals surface area (Å²) in [5.74, 6) is 0.611. The van der Waals surface area contributed by atoms with Crippen molar-refractivity contribution in [2.24, 2.45) is 10.8 Å². The van der Waals surface area contributed by atoms with Gasteiger partial charge in [0.25, 0.3) is 0 Å². The second-order valence-electron chi connectivity index (χ2n) is 15.8. The molecule has 0 aliphatic heterocycles. The average molecular weight is 667 g/mol. The highest BCUT2D eigenvalue weighted by Gasteiger charge is 2.34. The number of carbonyl (C=O) groups excluding carboxylic acids is 3. The molecule has 2 aromatic rings. The van der Waals surface area contributed by atoms with Crippen LogP contribution in [0.3, 0.4) is 0 Å². The van der Waals surface area contributed by atoms with Gasteiger partial charge >= 0.3 is 11.9 Å². The Morgan fingerprint density at radius 1 is 0.688 bits per heavy atom. The summed E-state index contributed by atoms with van der Waals surface area (Å²) >= 11 is 0. The average Bonchev–Trinajstić information content (AvgIpc) is 2.99. The van der Waals surface area contributed by atoms with Crippen LogP contribution in [-0.2, 0) is 29.9 Å². The molecule has 0 aromatic heterocycles. The fourth-order valence-corrected chi connectivity index (χ4v) is 4.42. The van der Waals surface area contributed by atoms with E-state index in [4.69, 9.17) is 23.7 Å². The zero-order valence-corrected chi connectivity index (χ0v) is 31.7. The molecule has 266 valence electrons. The van der Waals surface area contributed by atoms with Gasteiger partial charge in [0, 0.05) is 16.7 Å². The van der Waals surface area contributed by atoms with Crippen molar-refractivity contribution in [1.29, 1.82) is 0 Å². The molecule has 0 fully saturated rings. The summed E-state index contributed by atoms with van der Waals surface area (Å²) in [7, 11) is 0. The third kappa shape index (κ3) is 10.9. The van der Waals surface area contributed by atoms with Crippen LogP contribution in [0.5, 0.6) is 17.2 Å². The first-order valence-electron chi connectivity index (χ1n) is 16.9. The molecule has 0 radical (unpaired) electrons. The van der Waals surface area contributed by atoms with Crippen LogP contribution in [0.1, 0.15) is 137 Å². The Labute approximate surface area is 288 Å². The van der Waals surface area contributed by atoms with Gasteiger partial charge in [0.1, 0.15) is 17.2 Å². The Kier molecular flexibility index (Phi) is 13.5. The van der Waals surface area contributed by atoms with E-state index in [9.17, 15) is 14.4 Å². The molecule has 0 unspecified atom stereocenters. The monoisotopic (exact) mass is 666 g/mol. The highest BCUT2D eigenvalue weighted by molar-refractivity contribution is 6.07. The second kappa shape index (κ2) is 16.1. The van der Waals surface area contributed by atoms with Gasteiger partial charge in [-0.25, -0.2) is 0 Å². The summed E-state index contributed by atoms with van der Waals surface area (Å²) in [5, 5.41) is 0. The van der Waals surface area contributed by atoms with Crippen LogP contribution in [0.15, 0.2) is 36.4 Å². The van der Waals surface area contributed by atoms with Crippen molar-refractivity contribution in [1.82, 2.24) is 0 Å². The van der Waals surface area contributed by atoms with E-state index < -0.39 is 10.8 Å². The first kappa shape index (κ1) is 40.4. The van der Waals surface area contributed by atoms with Gasteiger partial charge in [-0.2, -0.15) is 0 Å². The van der Waals surface area contributed by atoms with Crippen LogP contribution in [0.25, 0.3) is 6.08 Å². The van der Waals surface area contributed by atoms with Crippen molar-refractivity contribution in [2.45, 2.75) is 127 Å². The van der Waals surface area contributed by atoms with Gasteiger partial charge in [0.15, 0.2) is 5.78 Å². The standard InChI is InChI=1S/C40H58O8/c1-15-39(11,12)30-23-31(40(13,14)16-2)34(48-26(3)4)29(33(30)45-25-47-36(43)38(8,9)10)21-22-32(41)27-17-19-28(20-18-27)44-24-46-35(42)37(5,6)7/h17-23,26H,15-16,24-25H2,1-14H3/b22-21+. The number of carbonyl (C=O) groups is 3. The summed E-state index contributed by atoms with van der Waals surface area (Å²) in [6.07, 6.45) is 4.74. The molecule has 0 bridgehead atoms. The third-order valence-corrected chi connectivity index (χ3v) is 8.42. The fraction of sp³-hybridized carbons (Fsp3) is 0.575. The van der Waals surface area contributed by atoms with E-state index in [1.807, 2.05) is 13.8 Å². The molecule has 2 rings (SSSR count). The van der Waals surface area contributed by atoms with Gasteiger partial charge in [-0.3, -0.25) is 14.4 Å². The molecular formula is C40H58O8. The van der Waals surface area contributed by atoms with E-state index in [0.717, 1.165) is 24.0 Å². The highest BCUT2D eigenvalue weighted by atomic mass is 16.7. The van der Waals surface area contributed by atoms with Crippen molar-refractivity contribution in [3.05, 3.63) is 58.7 Å². The highest BCUT2D eigenvalue weighted by Crippen LogP contribution is 2.48. The fourth-order valence-electron chi connectivity index (χ4n) is 4.42. The number of hydrogen-bond acceptors (Lipinski definition) is 8. The number of allylic oxidation sites excluding steroid dienone is 1. The molecule has 48 heavy (non-hydrogen) atoms. The number of ether oxygens (including phenoxy) is 5. The molecule has 2 aromatic carbocycles. The lowest BCUT2D eigenvalue weighted by molar-refractivity contribution is -0.160. The topological polar surface area (TPSA) is 97.4 Å². The third-order valence-electron chi connectivity index (χ3n) is 8.42. The molecular weight excluding hydrogens is 608 g/mol. The molecule has 0 saturated carbocycles. The van der Waals surface area contributed by atoms with E-state index in [-0.39, 0.29) is 48.2 Å². The summed E-state index contributed by atoms with van der Waals surface area (Å²) < 4.78 is 29.1. The van der Waals surface area contributed by atoms with Crippen molar-refractivity contribution >= 4 is 23.8 Å². The minimum atomic E-state index is -0.692. The number of esters is 2. The van der Waals surface area contributed by atoms with Crippen LogP contribution in [0.2, 0.25) is 0 Å². The van der Waals surface area contributed by atoms with Gasteiger partial charge in [0.05, 0.1) is 22.5 Å².